The van der Waals surface area contributed by atoms with Crippen LogP contribution in [0, 0.1) is 0 Å². The second-order valence-electron chi connectivity index (χ2n) is 5.46. The lowest BCUT2D eigenvalue weighted by molar-refractivity contribution is -0.125. The van der Waals surface area contributed by atoms with Crippen molar-refractivity contribution in [2.75, 3.05) is 13.1 Å². The summed E-state index contributed by atoms with van der Waals surface area (Å²) >= 11 is 9.50. The van der Waals surface area contributed by atoms with Crippen molar-refractivity contribution >= 4 is 39.5 Å². The van der Waals surface area contributed by atoms with Gasteiger partial charge < -0.3 is 9.64 Å². The number of benzene rings is 1. The number of likely N-dealkylation sites (tertiary alicyclic amines) is 1. The van der Waals surface area contributed by atoms with Crippen LogP contribution in [0.2, 0.25) is 5.02 Å². The molecule has 0 radical (unpaired) electrons. The maximum absolute atomic E-state index is 12.3. The highest BCUT2D eigenvalue weighted by molar-refractivity contribution is 9.10. The van der Waals surface area contributed by atoms with E-state index in [4.69, 9.17) is 16.3 Å². The molecule has 1 aliphatic rings. The van der Waals surface area contributed by atoms with Crippen molar-refractivity contribution in [3.8, 4) is 5.88 Å². The fourth-order valence-corrected chi connectivity index (χ4v) is 3.06. The first kappa shape index (κ1) is 17.0. The van der Waals surface area contributed by atoms with E-state index < -0.39 is 0 Å². The van der Waals surface area contributed by atoms with Crippen LogP contribution in [-0.4, -0.2) is 35.0 Å². The van der Waals surface area contributed by atoms with Crippen LogP contribution >= 0.6 is 27.5 Å². The van der Waals surface area contributed by atoms with Crippen molar-refractivity contribution in [2.45, 2.75) is 12.5 Å². The second kappa shape index (κ2) is 7.81. The molecule has 0 aliphatic carbocycles. The average molecular weight is 408 g/mol. The van der Waals surface area contributed by atoms with E-state index in [0.717, 1.165) is 16.5 Å². The standard InChI is InChI=1S/C18H16BrClN2O2/c19-15-5-3-10-21-18(15)24-14-9-11-22(12-14)17(23)8-7-13-4-1-2-6-16(13)20/h1-8,10,14H,9,11-12H2/b8-7+/t14-/m1/s1. The highest BCUT2D eigenvalue weighted by Gasteiger charge is 2.27. The first-order chi connectivity index (χ1) is 11.6. The first-order valence-electron chi connectivity index (χ1n) is 7.62. The third-order valence-electron chi connectivity index (χ3n) is 3.77. The first-order valence-corrected chi connectivity index (χ1v) is 8.79. The Balaban J connectivity index is 1.58. The van der Waals surface area contributed by atoms with Gasteiger partial charge in [0, 0.05) is 30.3 Å². The number of pyridine rings is 1. The van der Waals surface area contributed by atoms with Gasteiger partial charge in [0.05, 0.1) is 11.0 Å². The summed E-state index contributed by atoms with van der Waals surface area (Å²) in [4.78, 5) is 18.3. The average Bonchev–Trinajstić information content (AvgIpc) is 3.05. The van der Waals surface area contributed by atoms with Crippen molar-refractivity contribution in [1.29, 1.82) is 0 Å². The number of ether oxygens (including phenoxy) is 1. The molecule has 4 nitrogen and oxygen atoms in total. The topological polar surface area (TPSA) is 42.4 Å². The minimum Gasteiger partial charge on any atom is -0.472 e. The molecule has 0 saturated carbocycles. The SMILES string of the molecule is O=C(/C=C/c1ccccc1Cl)N1CC[C@@H](Oc2ncccc2Br)C1. The van der Waals surface area contributed by atoms with Crippen molar-refractivity contribution in [2.24, 2.45) is 0 Å². The Morgan fingerprint density at radius 2 is 2.17 bits per heavy atom. The summed E-state index contributed by atoms with van der Waals surface area (Å²) in [5.41, 5.74) is 0.830. The molecule has 1 saturated heterocycles. The molecule has 1 aromatic heterocycles. The predicted molar refractivity (Wildman–Crippen MR) is 98.0 cm³/mol. The Morgan fingerprint density at radius 1 is 1.33 bits per heavy atom. The number of hydrogen-bond donors (Lipinski definition) is 0. The largest absolute Gasteiger partial charge is 0.472 e. The highest BCUT2D eigenvalue weighted by atomic mass is 79.9. The third kappa shape index (κ3) is 4.16. The molecule has 1 atom stereocenters. The Morgan fingerprint density at radius 3 is 2.96 bits per heavy atom. The number of nitrogens with zero attached hydrogens (tertiary/aromatic N) is 2. The molecule has 0 bridgehead atoms. The normalized spacial score (nSPS) is 17.4. The highest BCUT2D eigenvalue weighted by Crippen LogP contribution is 2.24. The summed E-state index contributed by atoms with van der Waals surface area (Å²) in [6, 6.07) is 11.1. The van der Waals surface area contributed by atoms with Gasteiger partial charge in [-0.05, 0) is 45.8 Å². The molecular weight excluding hydrogens is 392 g/mol. The minimum atomic E-state index is -0.0473. The lowest BCUT2D eigenvalue weighted by Gasteiger charge is -2.15. The van der Waals surface area contributed by atoms with E-state index in [2.05, 4.69) is 20.9 Å². The van der Waals surface area contributed by atoms with Crippen molar-refractivity contribution in [3.63, 3.8) is 0 Å². The second-order valence-corrected chi connectivity index (χ2v) is 6.72. The van der Waals surface area contributed by atoms with E-state index in [1.54, 1.807) is 29.3 Å². The molecule has 1 fully saturated rings. The number of amides is 1. The van der Waals surface area contributed by atoms with E-state index in [9.17, 15) is 4.79 Å². The fourth-order valence-electron chi connectivity index (χ4n) is 2.52. The molecule has 0 unspecified atom stereocenters. The van der Waals surface area contributed by atoms with E-state index in [0.29, 0.717) is 24.0 Å². The van der Waals surface area contributed by atoms with Crippen molar-refractivity contribution < 1.29 is 9.53 Å². The molecule has 1 aliphatic heterocycles. The summed E-state index contributed by atoms with van der Waals surface area (Å²) in [5.74, 6) is 0.518. The molecule has 6 heteroatoms. The van der Waals surface area contributed by atoms with Crippen LogP contribution in [-0.2, 0) is 4.79 Å². The van der Waals surface area contributed by atoms with Gasteiger partial charge in [-0.1, -0.05) is 29.8 Å². The molecule has 1 amide bonds. The summed E-state index contributed by atoms with van der Waals surface area (Å²) in [5, 5.41) is 0.629. The zero-order valence-electron chi connectivity index (χ0n) is 12.9. The van der Waals surface area contributed by atoms with Crippen LogP contribution < -0.4 is 4.74 Å². The van der Waals surface area contributed by atoms with Crippen molar-refractivity contribution in [1.82, 2.24) is 9.88 Å². The van der Waals surface area contributed by atoms with E-state index in [1.165, 1.54) is 0 Å². The number of carbonyl (C=O) groups is 1. The maximum Gasteiger partial charge on any atom is 0.246 e. The van der Waals surface area contributed by atoms with Crippen LogP contribution in [0.15, 0.2) is 53.1 Å². The van der Waals surface area contributed by atoms with Crippen LogP contribution in [0.25, 0.3) is 6.08 Å². The van der Waals surface area contributed by atoms with Crippen LogP contribution in [0.3, 0.4) is 0 Å². The summed E-state index contributed by atoms with van der Waals surface area (Å²) in [6.45, 7) is 1.22. The van der Waals surface area contributed by atoms with Gasteiger partial charge in [-0.25, -0.2) is 4.98 Å². The lowest BCUT2D eigenvalue weighted by Crippen LogP contribution is -2.29. The number of aromatic nitrogens is 1. The van der Waals surface area contributed by atoms with Gasteiger partial charge in [-0.15, -0.1) is 0 Å². The number of rotatable bonds is 4. The van der Waals surface area contributed by atoms with Gasteiger partial charge in [0.15, 0.2) is 0 Å². The number of carbonyl (C=O) groups excluding carboxylic acids is 1. The Kier molecular flexibility index (Phi) is 5.53. The van der Waals surface area contributed by atoms with Crippen molar-refractivity contribution in [3.05, 3.63) is 63.7 Å². The zero-order valence-corrected chi connectivity index (χ0v) is 15.2. The Labute approximate surface area is 154 Å². The van der Waals surface area contributed by atoms with E-state index >= 15 is 0 Å². The quantitative estimate of drug-likeness (QED) is 0.714. The van der Waals surface area contributed by atoms with Crippen LogP contribution in [0.5, 0.6) is 5.88 Å². The van der Waals surface area contributed by atoms with E-state index in [-0.39, 0.29) is 12.0 Å². The smallest absolute Gasteiger partial charge is 0.246 e. The molecular formula is C18H16BrClN2O2. The van der Waals surface area contributed by atoms with Gasteiger partial charge in [0.1, 0.15) is 6.10 Å². The summed E-state index contributed by atoms with van der Waals surface area (Å²) in [6.07, 6.45) is 5.72. The fraction of sp³-hybridized carbons (Fsp3) is 0.222. The zero-order chi connectivity index (χ0) is 16.9. The van der Waals surface area contributed by atoms with Gasteiger partial charge in [-0.3, -0.25) is 4.79 Å². The van der Waals surface area contributed by atoms with Crippen LogP contribution in [0.4, 0.5) is 0 Å². The predicted octanol–water partition coefficient (Wildman–Crippen LogP) is 4.19. The molecule has 24 heavy (non-hydrogen) atoms. The number of hydrogen-bond acceptors (Lipinski definition) is 3. The van der Waals surface area contributed by atoms with E-state index in [1.807, 2.05) is 30.3 Å². The summed E-state index contributed by atoms with van der Waals surface area (Å²) < 4.78 is 6.68. The number of halogens is 2. The molecule has 124 valence electrons. The minimum absolute atomic E-state index is 0.0406. The monoisotopic (exact) mass is 406 g/mol. The summed E-state index contributed by atoms with van der Waals surface area (Å²) in [7, 11) is 0. The van der Waals surface area contributed by atoms with Crippen LogP contribution in [0.1, 0.15) is 12.0 Å². The molecule has 1 aromatic carbocycles. The Hall–Kier alpha value is -1.85. The third-order valence-corrected chi connectivity index (χ3v) is 4.72. The van der Waals surface area contributed by atoms with Gasteiger partial charge in [0.2, 0.25) is 11.8 Å². The molecule has 2 aromatic rings. The Bertz CT molecular complexity index is 766. The molecule has 0 N–H and O–H groups in total. The molecule has 3 rings (SSSR count). The molecule has 0 spiro atoms. The van der Waals surface area contributed by atoms with Gasteiger partial charge >= 0.3 is 0 Å². The lowest BCUT2D eigenvalue weighted by atomic mass is 10.2. The van der Waals surface area contributed by atoms with Gasteiger partial charge in [0.25, 0.3) is 0 Å². The molecule has 2 heterocycles. The maximum atomic E-state index is 12.3. The van der Waals surface area contributed by atoms with Gasteiger partial charge in [-0.2, -0.15) is 0 Å².